The minimum Gasteiger partial charge on any atom is -0.493 e. The van der Waals surface area contributed by atoms with Crippen LogP contribution in [0.5, 0.6) is 40.2 Å². The Bertz CT molecular complexity index is 2650. The number of methoxy groups -OCH3 is 2. The van der Waals surface area contributed by atoms with E-state index in [1.54, 1.807) is 19.2 Å². The molecule has 0 saturated carbocycles. The number of benzene rings is 3. The number of aryl methyl sites for hydroxylation is 1. The molecule has 3 aromatic carbocycles. The maximum atomic E-state index is 15.3. The van der Waals surface area contributed by atoms with Gasteiger partial charge in [0.1, 0.15) is 18.4 Å². The molecule has 7 atom stereocenters. The highest BCUT2D eigenvalue weighted by Crippen LogP contribution is 2.63. The van der Waals surface area contributed by atoms with Crippen LogP contribution in [0.15, 0.2) is 18.2 Å². The van der Waals surface area contributed by atoms with Crippen LogP contribution in [0.3, 0.4) is 0 Å². The summed E-state index contributed by atoms with van der Waals surface area (Å²) in [5.74, 6) is 0.862. The molecule has 7 aliphatic heterocycles. The zero-order valence-corrected chi connectivity index (χ0v) is 43.4. The third-order valence-electron chi connectivity index (χ3n) is 15.3. The Balaban J connectivity index is 1.19. The molecule has 0 radical (unpaired) electrons. The molecule has 0 amide bonds. The number of rotatable bonds is 17. The summed E-state index contributed by atoms with van der Waals surface area (Å²) in [5, 5.41) is 18.2. The number of ether oxygens (including phenoxy) is 8. The molecule has 72 heavy (non-hydrogen) atoms. The first-order valence-electron chi connectivity index (χ1n) is 25.8. The molecule has 3 aromatic rings. The number of nitrogens with one attached hydrogen (secondary N) is 2. The number of fused-ring (bicyclic) bond motifs is 9. The van der Waals surface area contributed by atoms with Crippen molar-refractivity contribution < 1.29 is 57.1 Å². The number of carbonyl (C=O) groups is 4. The van der Waals surface area contributed by atoms with Gasteiger partial charge in [-0.1, -0.05) is 71.3 Å². The highest BCUT2D eigenvalue weighted by atomic mass is 32.2. The standard InChI is InChI=1S/C55H68N4O12S/c1-8-10-12-14-16-18-41(61)70-40-24-33-20-21-57-55(35(33)25-39(40)64-6)28-72-53-45-44(51-50(67-29-68-51)31(4)49(45)69-32(5)60)38(27-66-54(55)63)59-37(26-56)36-23-34-22-30(3)48(65-7)52(43(34)46(58-36)47(53)59)71-42(62)19-17-15-13-11-9-2/h22,24-25,36-38,46-47,53,57-58H,8-21,23,27-29H2,1-7H3/t36-,37-,38-,46+,47?,53+,55+/m0/s1. The van der Waals surface area contributed by atoms with Crippen LogP contribution < -0.4 is 43.8 Å². The molecule has 10 rings (SSSR count). The molecule has 4 bridgehead atoms. The van der Waals surface area contributed by atoms with Crippen LogP contribution in [0.2, 0.25) is 0 Å². The van der Waals surface area contributed by atoms with E-state index >= 15 is 4.79 Å². The Labute approximate surface area is 426 Å². The van der Waals surface area contributed by atoms with Gasteiger partial charge >= 0.3 is 23.9 Å². The normalized spacial score (nSPS) is 24.4. The predicted molar refractivity (Wildman–Crippen MR) is 268 cm³/mol. The number of carbonyl (C=O) groups excluding carboxylic acids is 4. The van der Waals surface area contributed by atoms with Crippen LogP contribution in [0.4, 0.5) is 0 Å². The van der Waals surface area contributed by atoms with E-state index in [4.69, 9.17) is 37.9 Å². The number of hydrogen-bond acceptors (Lipinski definition) is 17. The summed E-state index contributed by atoms with van der Waals surface area (Å²) >= 11 is 1.47. The van der Waals surface area contributed by atoms with Crippen LogP contribution in [0.1, 0.15) is 160 Å². The maximum Gasteiger partial charge on any atom is 0.331 e. The number of thioether (sulfide) groups is 1. The lowest BCUT2D eigenvalue weighted by Gasteiger charge is -2.59. The molecular weight excluding hydrogens is 941 g/mol. The smallest absolute Gasteiger partial charge is 0.331 e. The number of unbranched alkanes of at least 4 members (excludes halogenated alkanes) is 8. The average molecular weight is 1010 g/mol. The monoisotopic (exact) mass is 1010 g/mol. The van der Waals surface area contributed by atoms with Crippen molar-refractivity contribution in [1.82, 2.24) is 15.5 Å². The van der Waals surface area contributed by atoms with Crippen LogP contribution in [0, 0.1) is 25.2 Å². The first kappa shape index (κ1) is 51.4. The fourth-order valence-corrected chi connectivity index (χ4v) is 13.7. The van der Waals surface area contributed by atoms with Gasteiger partial charge in [-0.15, -0.1) is 11.8 Å². The van der Waals surface area contributed by atoms with Crippen molar-refractivity contribution in [3.63, 3.8) is 0 Å². The number of esters is 4. The molecule has 0 aliphatic carbocycles. The summed E-state index contributed by atoms with van der Waals surface area (Å²) in [4.78, 5) is 57.7. The van der Waals surface area contributed by atoms with Gasteiger partial charge in [0.15, 0.2) is 40.0 Å². The van der Waals surface area contributed by atoms with Gasteiger partial charge in [-0.05, 0) is 73.9 Å². The van der Waals surface area contributed by atoms with Gasteiger partial charge in [0.05, 0.1) is 37.6 Å². The summed E-state index contributed by atoms with van der Waals surface area (Å²) in [6.07, 6.45) is 11.3. The van der Waals surface area contributed by atoms with Crippen molar-refractivity contribution in [2.45, 2.75) is 166 Å². The zero-order valence-electron chi connectivity index (χ0n) is 42.6. The van der Waals surface area contributed by atoms with Crippen molar-refractivity contribution in [3.8, 4) is 46.3 Å². The van der Waals surface area contributed by atoms with Gasteiger partial charge in [0.25, 0.3) is 0 Å². The molecule has 16 nitrogen and oxygen atoms in total. The second-order valence-corrected chi connectivity index (χ2v) is 21.0. The Morgan fingerprint density at radius 2 is 1.53 bits per heavy atom. The highest BCUT2D eigenvalue weighted by Gasteiger charge is 2.60. The summed E-state index contributed by atoms with van der Waals surface area (Å²) < 4.78 is 49.7. The molecule has 7 aliphatic rings. The lowest BCUT2D eigenvalue weighted by atomic mass is 9.72. The molecule has 1 unspecified atom stereocenters. The van der Waals surface area contributed by atoms with Gasteiger partial charge in [-0.3, -0.25) is 24.6 Å². The Kier molecular flexibility index (Phi) is 15.6. The fraction of sp³-hybridized carbons (Fsp3) is 0.582. The third kappa shape index (κ3) is 9.37. The van der Waals surface area contributed by atoms with E-state index in [2.05, 4.69) is 41.5 Å². The second kappa shape index (κ2) is 21.9. The van der Waals surface area contributed by atoms with Gasteiger partial charge in [0, 0.05) is 66.4 Å². The summed E-state index contributed by atoms with van der Waals surface area (Å²) in [5.41, 5.74) is 4.31. The molecule has 2 N–H and O–H groups in total. The lowest BCUT2D eigenvalue weighted by Crippen LogP contribution is -2.69. The maximum absolute atomic E-state index is 15.3. The summed E-state index contributed by atoms with van der Waals surface area (Å²) in [7, 11) is 3.08. The number of hydrogen-bond donors (Lipinski definition) is 2. The zero-order chi connectivity index (χ0) is 50.8. The highest BCUT2D eigenvalue weighted by molar-refractivity contribution is 7.99. The van der Waals surface area contributed by atoms with Crippen molar-refractivity contribution >= 4 is 35.6 Å². The number of nitrogens with zero attached hydrogens (tertiary/aromatic N) is 2. The van der Waals surface area contributed by atoms with Crippen molar-refractivity contribution in [2.24, 2.45) is 0 Å². The summed E-state index contributed by atoms with van der Waals surface area (Å²) in [6.45, 7) is 9.53. The van der Waals surface area contributed by atoms with Crippen molar-refractivity contribution in [2.75, 3.05) is 39.9 Å². The molecule has 386 valence electrons. The van der Waals surface area contributed by atoms with Crippen LogP contribution in [-0.4, -0.2) is 86.8 Å². The topological polar surface area (TPSA) is 193 Å². The SMILES string of the molecule is CCCCCCCC(=O)Oc1cc2c(cc1OC)[C@@]1(CS[C@@H]3c4c(OC(C)=O)c(C)c5c(c4[C@H](COC1=O)N1C3[C@@H]3N[C@@H](Cc4cc(C)c(OC)c(OC(=O)CCCCCCC)c43)[C@@H]1C#N)OCO5)NCC2. The van der Waals surface area contributed by atoms with Gasteiger partial charge < -0.3 is 43.2 Å². The first-order chi connectivity index (χ1) is 34.9. The molecule has 2 saturated heterocycles. The lowest BCUT2D eigenvalue weighted by molar-refractivity contribution is -0.155. The molecule has 7 heterocycles. The van der Waals surface area contributed by atoms with Gasteiger partial charge in [-0.2, -0.15) is 5.26 Å². The third-order valence-corrected chi connectivity index (χ3v) is 16.8. The van der Waals surface area contributed by atoms with Crippen LogP contribution in [-0.2, 0) is 42.3 Å². The molecule has 17 heteroatoms. The summed E-state index contributed by atoms with van der Waals surface area (Å²) in [6, 6.07) is 5.14. The molecule has 0 aromatic heterocycles. The van der Waals surface area contributed by atoms with Gasteiger partial charge in [0.2, 0.25) is 6.79 Å². The van der Waals surface area contributed by atoms with Crippen molar-refractivity contribution in [3.05, 3.63) is 62.7 Å². The van der Waals surface area contributed by atoms with E-state index in [1.165, 1.54) is 25.8 Å². The Morgan fingerprint density at radius 3 is 2.21 bits per heavy atom. The van der Waals surface area contributed by atoms with E-state index in [1.807, 2.05) is 13.8 Å². The average Bonchev–Trinajstić information content (AvgIpc) is 3.86. The number of nitriles is 1. The molecule has 1 spiro atoms. The van der Waals surface area contributed by atoms with Crippen molar-refractivity contribution in [1.29, 1.82) is 5.26 Å². The largest absolute Gasteiger partial charge is 0.493 e. The van der Waals surface area contributed by atoms with E-state index < -0.39 is 52.9 Å². The molecular formula is C55H68N4O12S. The minimum absolute atomic E-state index is 0.0872. The minimum atomic E-state index is -1.44. The fourth-order valence-electron chi connectivity index (χ4n) is 12.0. The van der Waals surface area contributed by atoms with Crippen LogP contribution in [0.25, 0.3) is 0 Å². The predicted octanol–water partition coefficient (Wildman–Crippen LogP) is 8.77. The Hall–Kier alpha value is -5.54. The van der Waals surface area contributed by atoms with Crippen LogP contribution >= 0.6 is 11.8 Å². The van der Waals surface area contributed by atoms with E-state index in [9.17, 15) is 19.6 Å². The second-order valence-electron chi connectivity index (χ2n) is 19.9. The quantitative estimate of drug-likeness (QED) is 0.0740. The van der Waals surface area contributed by atoms with E-state index in [0.29, 0.717) is 82.6 Å². The van der Waals surface area contributed by atoms with Gasteiger partial charge in [-0.25, -0.2) is 4.79 Å². The number of piperazine rings is 1. The molecule has 2 fully saturated rings. The van der Waals surface area contributed by atoms with E-state index in [0.717, 1.165) is 80.0 Å². The van der Waals surface area contributed by atoms with E-state index in [-0.39, 0.29) is 49.7 Å². The Morgan fingerprint density at radius 1 is 0.819 bits per heavy atom. The first-order valence-corrected chi connectivity index (χ1v) is 26.9.